The number of aryl methyl sites for hydroxylation is 1. The molecule has 1 N–H and O–H groups in total. The van der Waals surface area contributed by atoms with E-state index >= 15 is 0 Å². The molecule has 0 saturated heterocycles. The Morgan fingerprint density at radius 2 is 2.33 bits per heavy atom. The number of nitrogens with one attached hydrogen (secondary N) is 1. The summed E-state index contributed by atoms with van der Waals surface area (Å²) in [6.45, 7) is 1.72. The highest BCUT2D eigenvalue weighted by Gasteiger charge is 2.10. The van der Waals surface area contributed by atoms with Gasteiger partial charge in [-0.05, 0) is 6.92 Å². The number of aromatic amines is 1. The number of halogens is 1. The Kier molecular flexibility index (Phi) is 1.41. The van der Waals surface area contributed by atoms with Crippen LogP contribution < -0.4 is 5.69 Å². The number of hydrogen-bond acceptors (Lipinski definition) is 4. The van der Waals surface area contributed by atoms with Crippen LogP contribution in [0.25, 0.3) is 11.1 Å². The molecule has 12 heavy (non-hydrogen) atoms. The highest BCUT2D eigenvalue weighted by Crippen LogP contribution is 2.20. The zero-order valence-electron chi connectivity index (χ0n) is 6.09. The molecule has 6 heteroatoms. The van der Waals surface area contributed by atoms with Crippen molar-refractivity contribution in [2.24, 2.45) is 0 Å². The van der Waals surface area contributed by atoms with E-state index in [1.807, 2.05) is 0 Å². The number of aromatic nitrogens is 3. The molecule has 0 saturated carbocycles. The summed E-state index contributed by atoms with van der Waals surface area (Å²) in [5, 5.41) is 4.38. The lowest BCUT2D eigenvalue weighted by molar-refractivity contribution is 0.442. The van der Waals surface area contributed by atoms with Gasteiger partial charge in [0.05, 0.1) is 11.1 Å². The SMILES string of the molecule is Cc1noc2nc(=O)[nH]c(Cl)c12. The molecular weight excluding hydrogens is 182 g/mol. The van der Waals surface area contributed by atoms with Crippen LogP contribution in [0.5, 0.6) is 0 Å². The highest BCUT2D eigenvalue weighted by molar-refractivity contribution is 6.34. The van der Waals surface area contributed by atoms with Crippen molar-refractivity contribution in [1.29, 1.82) is 0 Å². The Morgan fingerprint density at radius 1 is 1.58 bits per heavy atom. The number of fused-ring (bicyclic) bond motifs is 1. The summed E-state index contributed by atoms with van der Waals surface area (Å²) in [6, 6.07) is 0. The lowest BCUT2D eigenvalue weighted by Crippen LogP contribution is -2.09. The van der Waals surface area contributed by atoms with E-state index in [9.17, 15) is 4.79 Å². The van der Waals surface area contributed by atoms with Crippen LogP contribution in [0, 0.1) is 6.92 Å². The summed E-state index contributed by atoms with van der Waals surface area (Å²) in [5.41, 5.74) is 0.239. The van der Waals surface area contributed by atoms with E-state index in [0.29, 0.717) is 11.1 Å². The van der Waals surface area contributed by atoms with E-state index in [4.69, 9.17) is 16.1 Å². The Hall–Kier alpha value is -1.36. The van der Waals surface area contributed by atoms with Gasteiger partial charge in [-0.25, -0.2) is 4.79 Å². The monoisotopic (exact) mass is 185 g/mol. The molecule has 2 rings (SSSR count). The van der Waals surface area contributed by atoms with Crippen molar-refractivity contribution >= 4 is 22.7 Å². The lowest BCUT2D eigenvalue weighted by Gasteiger charge is -1.89. The quantitative estimate of drug-likeness (QED) is 0.619. The first kappa shape index (κ1) is 7.30. The van der Waals surface area contributed by atoms with Crippen molar-refractivity contribution in [3.05, 3.63) is 21.3 Å². The predicted molar refractivity (Wildman–Crippen MR) is 42.2 cm³/mol. The summed E-state index contributed by atoms with van der Waals surface area (Å²) in [4.78, 5) is 16.6. The molecule has 0 bridgehead atoms. The molecule has 0 amide bonds. The van der Waals surface area contributed by atoms with Crippen molar-refractivity contribution < 1.29 is 4.52 Å². The molecule has 0 spiro atoms. The van der Waals surface area contributed by atoms with Crippen LogP contribution in [0.2, 0.25) is 5.15 Å². The summed E-state index contributed by atoms with van der Waals surface area (Å²) in [6.07, 6.45) is 0. The second-order valence-electron chi connectivity index (χ2n) is 2.30. The molecule has 0 radical (unpaired) electrons. The number of rotatable bonds is 0. The van der Waals surface area contributed by atoms with Gasteiger partial charge in [-0.2, -0.15) is 4.98 Å². The van der Waals surface area contributed by atoms with Gasteiger partial charge in [0, 0.05) is 0 Å². The van der Waals surface area contributed by atoms with Gasteiger partial charge in [0.15, 0.2) is 0 Å². The van der Waals surface area contributed by atoms with Crippen molar-refractivity contribution in [2.45, 2.75) is 6.92 Å². The predicted octanol–water partition coefficient (Wildman–Crippen LogP) is 0.873. The fourth-order valence-electron chi connectivity index (χ4n) is 0.963. The average molecular weight is 186 g/mol. The molecule has 0 unspecified atom stereocenters. The maximum atomic E-state index is 10.8. The van der Waals surface area contributed by atoms with Crippen molar-refractivity contribution in [2.75, 3.05) is 0 Å². The van der Waals surface area contributed by atoms with E-state index in [1.165, 1.54) is 0 Å². The molecule has 2 aromatic rings. The second kappa shape index (κ2) is 2.31. The minimum atomic E-state index is -0.538. The largest absolute Gasteiger partial charge is 0.349 e. The molecule has 0 aliphatic rings. The van der Waals surface area contributed by atoms with Crippen molar-refractivity contribution in [3.63, 3.8) is 0 Å². The van der Waals surface area contributed by atoms with Gasteiger partial charge in [-0.15, -0.1) is 0 Å². The molecule has 0 atom stereocenters. The van der Waals surface area contributed by atoms with Gasteiger partial charge >= 0.3 is 5.69 Å². The van der Waals surface area contributed by atoms with Crippen molar-refractivity contribution in [1.82, 2.24) is 15.1 Å². The lowest BCUT2D eigenvalue weighted by atomic mass is 10.3. The molecule has 2 aromatic heterocycles. The van der Waals surface area contributed by atoms with Crippen LogP contribution in [0.4, 0.5) is 0 Å². The smallest absolute Gasteiger partial charge is 0.335 e. The Labute approximate surface area is 71.3 Å². The van der Waals surface area contributed by atoms with Crippen LogP contribution in [-0.4, -0.2) is 15.1 Å². The van der Waals surface area contributed by atoms with Crippen LogP contribution >= 0.6 is 11.6 Å². The van der Waals surface area contributed by atoms with Gasteiger partial charge in [-0.3, -0.25) is 4.98 Å². The van der Waals surface area contributed by atoms with Crippen LogP contribution in [0.1, 0.15) is 5.69 Å². The van der Waals surface area contributed by atoms with Crippen LogP contribution in [-0.2, 0) is 0 Å². The standard InChI is InChI=1S/C6H4ClN3O2/c1-2-3-4(7)8-6(11)9-5(3)12-10-2/h1H3,(H,8,9,11). The topological polar surface area (TPSA) is 71.8 Å². The van der Waals surface area contributed by atoms with E-state index in [-0.39, 0.29) is 10.9 Å². The Morgan fingerprint density at radius 3 is 3.08 bits per heavy atom. The first-order valence-corrected chi connectivity index (χ1v) is 3.58. The molecule has 0 aliphatic heterocycles. The van der Waals surface area contributed by atoms with Gasteiger partial charge in [0.2, 0.25) is 0 Å². The van der Waals surface area contributed by atoms with Gasteiger partial charge < -0.3 is 4.52 Å². The van der Waals surface area contributed by atoms with E-state index in [0.717, 1.165) is 0 Å². The highest BCUT2D eigenvalue weighted by atomic mass is 35.5. The van der Waals surface area contributed by atoms with Crippen LogP contribution in [0.15, 0.2) is 9.32 Å². The molecule has 62 valence electrons. The molecule has 0 aliphatic carbocycles. The van der Waals surface area contributed by atoms with Gasteiger partial charge in [0.1, 0.15) is 5.15 Å². The Balaban J connectivity index is 3.02. The number of nitrogens with zero attached hydrogens (tertiary/aromatic N) is 2. The van der Waals surface area contributed by atoms with Gasteiger partial charge in [0.25, 0.3) is 5.71 Å². The molecule has 0 aromatic carbocycles. The van der Waals surface area contributed by atoms with E-state index < -0.39 is 5.69 Å². The summed E-state index contributed by atoms with van der Waals surface area (Å²) in [7, 11) is 0. The minimum absolute atomic E-state index is 0.168. The molecule has 5 nitrogen and oxygen atoms in total. The minimum Gasteiger partial charge on any atom is -0.335 e. The summed E-state index contributed by atoms with van der Waals surface area (Å²) in [5.74, 6) is 0. The second-order valence-corrected chi connectivity index (χ2v) is 2.68. The van der Waals surface area contributed by atoms with E-state index in [2.05, 4.69) is 15.1 Å². The first-order valence-electron chi connectivity index (χ1n) is 3.20. The summed E-state index contributed by atoms with van der Waals surface area (Å²) < 4.78 is 4.74. The molecule has 0 fully saturated rings. The number of hydrogen-bond donors (Lipinski definition) is 1. The maximum absolute atomic E-state index is 10.8. The van der Waals surface area contributed by atoms with E-state index in [1.54, 1.807) is 6.92 Å². The third-order valence-corrected chi connectivity index (χ3v) is 1.77. The fourth-order valence-corrected chi connectivity index (χ4v) is 1.26. The molecular formula is C6H4ClN3O2. The zero-order valence-corrected chi connectivity index (χ0v) is 6.84. The maximum Gasteiger partial charge on any atom is 0.349 e. The Bertz CT molecular complexity index is 487. The van der Waals surface area contributed by atoms with Crippen LogP contribution in [0.3, 0.4) is 0 Å². The average Bonchev–Trinajstić information content (AvgIpc) is 2.31. The fraction of sp³-hybridized carbons (Fsp3) is 0.167. The zero-order chi connectivity index (χ0) is 8.72. The normalized spacial score (nSPS) is 10.8. The van der Waals surface area contributed by atoms with Gasteiger partial charge in [-0.1, -0.05) is 16.8 Å². The summed E-state index contributed by atoms with van der Waals surface area (Å²) >= 11 is 5.71. The third-order valence-electron chi connectivity index (χ3n) is 1.48. The van der Waals surface area contributed by atoms with Crippen molar-refractivity contribution in [3.8, 4) is 0 Å². The third kappa shape index (κ3) is 0.902. The number of H-pyrrole nitrogens is 1. The molecule has 2 heterocycles. The first-order chi connectivity index (χ1) is 5.68.